The molecule has 0 radical (unpaired) electrons. The molecule has 1 aliphatic heterocycles. The number of ketones is 1. The Kier molecular flexibility index (Phi) is 8.33. The van der Waals surface area contributed by atoms with Crippen molar-refractivity contribution in [2.75, 3.05) is 34.0 Å². The minimum atomic E-state index is -0.772. The molecule has 0 aliphatic carbocycles. The summed E-state index contributed by atoms with van der Waals surface area (Å²) in [6, 6.07) is 4.56. The maximum Gasteiger partial charge on any atom is 0.290 e. The number of aromatic nitrogens is 1. The van der Waals surface area contributed by atoms with E-state index in [4.69, 9.17) is 14.2 Å². The summed E-state index contributed by atoms with van der Waals surface area (Å²) < 4.78 is 16.6. The molecular formula is C25H32N2O6S. The summed E-state index contributed by atoms with van der Waals surface area (Å²) in [4.78, 5) is 32.9. The van der Waals surface area contributed by atoms with Gasteiger partial charge in [0.15, 0.2) is 17.3 Å². The molecule has 0 fully saturated rings. The van der Waals surface area contributed by atoms with Crippen LogP contribution in [0.4, 0.5) is 0 Å². The third-order valence-corrected chi connectivity index (χ3v) is 6.55. The molecule has 1 aromatic carbocycles. The van der Waals surface area contributed by atoms with Gasteiger partial charge in [-0.15, -0.1) is 11.3 Å². The number of thiazole rings is 1. The highest BCUT2D eigenvalue weighted by Gasteiger charge is 2.44. The summed E-state index contributed by atoms with van der Waals surface area (Å²) in [7, 11) is 3.13. The molecule has 8 nitrogen and oxygen atoms in total. The topological polar surface area (TPSA) is 98.2 Å². The van der Waals surface area contributed by atoms with Crippen molar-refractivity contribution in [3.05, 3.63) is 50.7 Å². The lowest BCUT2D eigenvalue weighted by Gasteiger charge is -2.27. The van der Waals surface area contributed by atoms with Crippen LogP contribution in [0.3, 0.4) is 0 Å². The fourth-order valence-electron chi connectivity index (χ4n) is 3.94. The first kappa shape index (κ1) is 25.7. The Labute approximate surface area is 204 Å². The van der Waals surface area contributed by atoms with Crippen molar-refractivity contribution >= 4 is 23.0 Å². The second kappa shape index (κ2) is 11.0. The van der Waals surface area contributed by atoms with E-state index in [9.17, 15) is 14.7 Å². The van der Waals surface area contributed by atoms with Crippen molar-refractivity contribution in [2.45, 2.75) is 40.2 Å². The molecule has 1 aliphatic rings. The zero-order chi connectivity index (χ0) is 25.0. The third-order valence-electron chi connectivity index (χ3n) is 5.48. The van der Waals surface area contributed by atoms with Crippen LogP contribution in [0.25, 0.3) is 0 Å². The van der Waals surface area contributed by atoms with E-state index in [1.807, 2.05) is 6.92 Å². The summed E-state index contributed by atoms with van der Waals surface area (Å²) in [6.07, 6.45) is 0.554. The molecule has 1 aromatic heterocycles. The predicted octanol–water partition coefficient (Wildman–Crippen LogP) is 4.42. The van der Waals surface area contributed by atoms with E-state index < -0.39 is 23.5 Å². The van der Waals surface area contributed by atoms with Crippen LogP contribution in [-0.2, 0) is 9.53 Å². The van der Waals surface area contributed by atoms with Crippen molar-refractivity contribution in [1.82, 2.24) is 9.88 Å². The Morgan fingerprint density at radius 2 is 1.97 bits per heavy atom. The Morgan fingerprint density at radius 3 is 2.56 bits per heavy atom. The molecule has 1 N–H and O–H groups in total. The van der Waals surface area contributed by atoms with Gasteiger partial charge in [-0.05, 0) is 43.9 Å². The summed E-state index contributed by atoms with van der Waals surface area (Å²) in [5, 5.41) is 11.6. The predicted molar refractivity (Wildman–Crippen MR) is 130 cm³/mol. The van der Waals surface area contributed by atoms with Crippen LogP contribution in [0, 0.1) is 19.8 Å². The van der Waals surface area contributed by atoms with E-state index in [-0.39, 0.29) is 5.57 Å². The van der Waals surface area contributed by atoms with Crippen LogP contribution in [0.2, 0.25) is 0 Å². The maximum atomic E-state index is 13.6. The molecule has 1 unspecified atom stereocenters. The number of rotatable bonds is 11. The molecule has 2 heterocycles. The maximum absolute atomic E-state index is 13.6. The molecule has 9 heteroatoms. The molecule has 3 rings (SSSR count). The zero-order valence-electron chi connectivity index (χ0n) is 20.5. The fourth-order valence-corrected chi connectivity index (χ4v) is 4.81. The van der Waals surface area contributed by atoms with Crippen molar-refractivity contribution < 1.29 is 28.9 Å². The first-order chi connectivity index (χ1) is 16.2. The first-order valence-corrected chi connectivity index (χ1v) is 12.0. The van der Waals surface area contributed by atoms with Crippen LogP contribution in [0.1, 0.15) is 52.2 Å². The summed E-state index contributed by atoms with van der Waals surface area (Å²) >= 11 is 1.25. The van der Waals surface area contributed by atoms with E-state index >= 15 is 0 Å². The van der Waals surface area contributed by atoms with Crippen LogP contribution in [-0.4, -0.2) is 60.7 Å². The van der Waals surface area contributed by atoms with Crippen molar-refractivity contribution in [1.29, 1.82) is 0 Å². The number of methoxy groups -OCH3 is 2. The van der Waals surface area contributed by atoms with Crippen molar-refractivity contribution in [2.24, 2.45) is 5.92 Å². The number of benzene rings is 1. The molecule has 2 aromatic rings. The van der Waals surface area contributed by atoms with Gasteiger partial charge in [-0.25, -0.2) is 4.98 Å². The van der Waals surface area contributed by atoms with Gasteiger partial charge >= 0.3 is 0 Å². The number of aliphatic hydroxyl groups is 1. The fraction of sp³-hybridized carbons (Fsp3) is 0.480. The molecule has 184 valence electrons. The van der Waals surface area contributed by atoms with Crippen LogP contribution >= 0.6 is 11.3 Å². The van der Waals surface area contributed by atoms with E-state index in [0.29, 0.717) is 59.7 Å². The average Bonchev–Trinajstić information content (AvgIpc) is 3.27. The zero-order valence-corrected chi connectivity index (χ0v) is 21.3. The standard InChI is InChI=1S/C25H32N2O6S/c1-14(2)13-33-18-9-8-17(12-19(18)32-6)21-20(22(28)24-15(3)26-16(4)34-24)23(29)25(30)27(21)10-7-11-31-5/h8-9,12,14,21,29H,7,10-11,13H2,1-6H3. The average molecular weight is 489 g/mol. The summed E-state index contributed by atoms with van der Waals surface area (Å²) in [5.41, 5.74) is 1.27. The number of Topliss-reactive ketones (excluding diaryl/α,β-unsaturated/α-hetero) is 1. The highest BCUT2D eigenvalue weighted by atomic mass is 32.1. The van der Waals surface area contributed by atoms with E-state index in [2.05, 4.69) is 18.8 Å². The molecule has 0 bridgehead atoms. The summed E-state index contributed by atoms with van der Waals surface area (Å²) in [6.45, 7) is 8.95. The van der Waals surface area contributed by atoms with E-state index in [1.54, 1.807) is 39.3 Å². The van der Waals surface area contributed by atoms with Gasteiger partial charge in [0.2, 0.25) is 5.78 Å². The van der Waals surface area contributed by atoms with E-state index in [0.717, 1.165) is 5.01 Å². The second-order valence-electron chi connectivity index (χ2n) is 8.60. The SMILES string of the molecule is COCCCN1C(=O)C(O)=C(C(=O)c2sc(C)nc2C)C1c1ccc(OCC(C)C)c(OC)c1. The van der Waals surface area contributed by atoms with Gasteiger partial charge in [-0.3, -0.25) is 9.59 Å². The second-order valence-corrected chi connectivity index (χ2v) is 9.80. The number of nitrogens with zero attached hydrogens (tertiary/aromatic N) is 2. The highest BCUT2D eigenvalue weighted by Crippen LogP contribution is 2.42. The van der Waals surface area contributed by atoms with Gasteiger partial charge in [-0.1, -0.05) is 19.9 Å². The first-order valence-electron chi connectivity index (χ1n) is 11.2. The third kappa shape index (κ3) is 5.26. The molecular weight excluding hydrogens is 456 g/mol. The molecule has 1 atom stereocenters. The minimum absolute atomic E-state index is 0.0482. The molecule has 1 amide bonds. The van der Waals surface area contributed by atoms with Crippen LogP contribution in [0.15, 0.2) is 29.5 Å². The number of hydrogen-bond acceptors (Lipinski definition) is 8. The Morgan fingerprint density at radius 1 is 1.24 bits per heavy atom. The van der Waals surface area contributed by atoms with Crippen LogP contribution < -0.4 is 9.47 Å². The molecule has 0 saturated heterocycles. The number of carbonyl (C=O) groups excluding carboxylic acids is 2. The Hall–Kier alpha value is -2.91. The smallest absolute Gasteiger partial charge is 0.290 e. The highest BCUT2D eigenvalue weighted by molar-refractivity contribution is 7.14. The molecule has 0 spiro atoms. The monoisotopic (exact) mass is 488 g/mol. The quantitative estimate of drug-likeness (QED) is 0.369. The Bertz CT molecular complexity index is 1090. The van der Waals surface area contributed by atoms with Gasteiger partial charge in [0.1, 0.15) is 0 Å². The normalized spacial score (nSPS) is 16.0. The van der Waals surface area contributed by atoms with Crippen molar-refractivity contribution in [3.8, 4) is 11.5 Å². The number of carbonyl (C=O) groups is 2. The lowest BCUT2D eigenvalue weighted by Crippen LogP contribution is -2.32. The number of amides is 1. The number of aliphatic hydroxyl groups excluding tert-OH is 1. The molecule has 0 saturated carbocycles. The van der Waals surface area contributed by atoms with Gasteiger partial charge in [-0.2, -0.15) is 0 Å². The number of hydrogen-bond donors (Lipinski definition) is 1. The number of ether oxygens (including phenoxy) is 3. The number of aryl methyl sites for hydroxylation is 2. The van der Waals surface area contributed by atoms with Crippen LogP contribution in [0.5, 0.6) is 11.5 Å². The molecule has 34 heavy (non-hydrogen) atoms. The van der Waals surface area contributed by atoms with E-state index in [1.165, 1.54) is 16.2 Å². The van der Waals surface area contributed by atoms with Gasteiger partial charge in [0, 0.05) is 20.3 Å². The minimum Gasteiger partial charge on any atom is -0.503 e. The van der Waals surface area contributed by atoms with Gasteiger partial charge < -0.3 is 24.2 Å². The largest absolute Gasteiger partial charge is 0.503 e. The Balaban J connectivity index is 2.07. The van der Waals surface area contributed by atoms with Gasteiger partial charge in [0.05, 0.1) is 40.9 Å². The lowest BCUT2D eigenvalue weighted by atomic mass is 9.94. The van der Waals surface area contributed by atoms with Gasteiger partial charge in [0.25, 0.3) is 5.91 Å². The summed E-state index contributed by atoms with van der Waals surface area (Å²) in [5.74, 6) is -0.106. The van der Waals surface area contributed by atoms with Crippen molar-refractivity contribution in [3.63, 3.8) is 0 Å². The lowest BCUT2D eigenvalue weighted by molar-refractivity contribution is -0.129.